The maximum absolute atomic E-state index is 12.4. The van der Waals surface area contributed by atoms with Gasteiger partial charge in [0.1, 0.15) is 5.69 Å². The zero-order valence-corrected chi connectivity index (χ0v) is 13.8. The molecule has 3 aliphatic rings. The number of fused-ring (bicyclic) bond motifs is 3. The first-order valence-corrected chi connectivity index (χ1v) is 8.56. The molecule has 1 aromatic carbocycles. The minimum atomic E-state index is -0.299. The molecule has 1 atom stereocenters. The van der Waals surface area contributed by atoms with Gasteiger partial charge in [0.05, 0.1) is 5.92 Å². The Morgan fingerprint density at radius 1 is 1.20 bits per heavy atom. The highest BCUT2D eigenvalue weighted by Gasteiger charge is 2.41. The van der Waals surface area contributed by atoms with Crippen LogP contribution in [-0.2, 0) is 9.47 Å². The summed E-state index contributed by atoms with van der Waals surface area (Å²) in [6, 6.07) is 6.12. The van der Waals surface area contributed by atoms with Crippen LogP contribution >= 0.6 is 0 Å². The summed E-state index contributed by atoms with van der Waals surface area (Å²) in [5.74, 6) is 0.0134. The zero-order valence-electron chi connectivity index (χ0n) is 13.8. The lowest BCUT2D eigenvalue weighted by Crippen LogP contribution is -2.43. The highest BCUT2D eigenvalue weighted by molar-refractivity contribution is 5.91. The van der Waals surface area contributed by atoms with Gasteiger partial charge in [0.15, 0.2) is 12.6 Å². The van der Waals surface area contributed by atoms with Crippen molar-refractivity contribution >= 4 is 22.3 Å². The third-order valence-electron chi connectivity index (χ3n) is 5.02. The smallest absolute Gasteiger partial charge is 0.272 e. The number of aromatic amines is 1. The van der Waals surface area contributed by atoms with Crippen molar-refractivity contribution in [1.29, 1.82) is 0 Å². The number of H-pyrrole nitrogens is 1. The maximum Gasteiger partial charge on any atom is 0.272 e. The average Bonchev–Trinajstić information content (AvgIpc) is 3.05. The molecular formula is C19H19N3O3. The topological polar surface area (TPSA) is 75.4 Å². The van der Waals surface area contributed by atoms with Crippen molar-refractivity contribution in [1.82, 2.24) is 10.3 Å². The van der Waals surface area contributed by atoms with Gasteiger partial charge < -0.3 is 25.1 Å². The molecule has 25 heavy (non-hydrogen) atoms. The predicted molar refractivity (Wildman–Crippen MR) is 96.3 cm³/mol. The number of dihydropyridines is 1. The number of pyridine rings is 1. The van der Waals surface area contributed by atoms with Crippen molar-refractivity contribution in [2.75, 3.05) is 18.4 Å². The zero-order chi connectivity index (χ0) is 17.0. The van der Waals surface area contributed by atoms with E-state index in [4.69, 9.17) is 9.47 Å². The van der Waals surface area contributed by atoms with E-state index in [0.29, 0.717) is 12.2 Å². The van der Waals surface area contributed by atoms with E-state index < -0.39 is 0 Å². The van der Waals surface area contributed by atoms with Gasteiger partial charge in [0, 0.05) is 35.3 Å². The molecule has 0 spiro atoms. The molecule has 0 bridgehead atoms. The van der Waals surface area contributed by atoms with Gasteiger partial charge >= 0.3 is 0 Å². The van der Waals surface area contributed by atoms with E-state index in [-0.39, 0.29) is 24.1 Å². The van der Waals surface area contributed by atoms with Crippen LogP contribution in [0, 0.1) is 0 Å². The number of anilines is 1. The van der Waals surface area contributed by atoms with Crippen LogP contribution in [0.2, 0.25) is 0 Å². The van der Waals surface area contributed by atoms with Crippen molar-refractivity contribution in [2.24, 2.45) is 0 Å². The molecule has 1 saturated heterocycles. The molecule has 6 nitrogen and oxygen atoms in total. The minimum absolute atomic E-state index is 0.0134. The van der Waals surface area contributed by atoms with Gasteiger partial charge in [-0.05, 0) is 30.7 Å². The largest absolute Gasteiger partial charge is 0.381 e. The lowest BCUT2D eigenvalue weighted by Gasteiger charge is -2.37. The third-order valence-corrected chi connectivity index (χ3v) is 5.02. The van der Waals surface area contributed by atoms with Crippen molar-refractivity contribution in [3.63, 3.8) is 0 Å². The van der Waals surface area contributed by atoms with E-state index in [0.717, 1.165) is 34.3 Å². The quantitative estimate of drug-likeness (QED) is 0.784. The number of aromatic nitrogens is 1. The van der Waals surface area contributed by atoms with Crippen LogP contribution < -0.4 is 16.2 Å². The van der Waals surface area contributed by atoms with Crippen molar-refractivity contribution in [3.05, 3.63) is 57.9 Å². The Balaban J connectivity index is 1.67. The van der Waals surface area contributed by atoms with Crippen LogP contribution in [0.3, 0.4) is 0 Å². The molecule has 6 heteroatoms. The Morgan fingerprint density at radius 3 is 2.84 bits per heavy atom. The first-order chi connectivity index (χ1) is 12.2. The van der Waals surface area contributed by atoms with Crippen LogP contribution in [-0.4, -0.2) is 30.7 Å². The Kier molecular flexibility index (Phi) is 3.23. The summed E-state index contributed by atoms with van der Waals surface area (Å²) in [6.07, 6.45) is 5.71. The highest BCUT2D eigenvalue weighted by atomic mass is 16.9. The van der Waals surface area contributed by atoms with E-state index in [1.54, 1.807) is 0 Å². The maximum atomic E-state index is 12.4. The Morgan fingerprint density at radius 2 is 2.08 bits per heavy atom. The molecule has 2 aromatic rings. The monoisotopic (exact) mass is 337 g/mol. The summed E-state index contributed by atoms with van der Waals surface area (Å²) in [6.45, 7) is 3.34. The molecule has 1 fully saturated rings. The molecule has 3 N–H and O–H groups in total. The number of rotatable bonds is 2. The number of benzene rings is 1. The van der Waals surface area contributed by atoms with Crippen LogP contribution in [0.4, 0.5) is 5.69 Å². The lowest BCUT2D eigenvalue weighted by molar-refractivity contribution is -0.381. The third kappa shape index (κ3) is 2.29. The fourth-order valence-corrected chi connectivity index (χ4v) is 3.83. The van der Waals surface area contributed by atoms with Gasteiger partial charge in [-0.25, -0.2) is 0 Å². The molecule has 0 radical (unpaired) electrons. The number of ether oxygens (including phenoxy) is 2. The summed E-state index contributed by atoms with van der Waals surface area (Å²) in [5, 5.41) is 7.64. The van der Waals surface area contributed by atoms with Gasteiger partial charge in [0.25, 0.3) is 5.56 Å². The SMILES string of the molecule is CC1OC(C2CNc3c2c2cc(C4=CC=CCN4)ccc2[nH]c3=O)O1. The minimum Gasteiger partial charge on any atom is -0.381 e. The van der Waals surface area contributed by atoms with Gasteiger partial charge in [-0.3, -0.25) is 4.79 Å². The van der Waals surface area contributed by atoms with Gasteiger partial charge in [0.2, 0.25) is 0 Å². The van der Waals surface area contributed by atoms with E-state index in [9.17, 15) is 4.79 Å². The fraction of sp³-hybridized carbons (Fsp3) is 0.316. The summed E-state index contributed by atoms with van der Waals surface area (Å²) >= 11 is 0. The predicted octanol–water partition coefficient (Wildman–Crippen LogP) is 2.26. The molecule has 0 saturated carbocycles. The second kappa shape index (κ2) is 5.47. The standard InChI is InChI=1S/C19H19N3O3/c1-10-24-19(25-10)13-9-21-17-16(13)12-8-11(14-4-2-3-7-20-14)5-6-15(12)22-18(17)23/h2-6,8,10,13,19-21H,7,9H2,1H3,(H,22,23). The van der Waals surface area contributed by atoms with Gasteiger partial charge in [-0.1, -0.05) is 18.2 Å². The Labute approximate surface area is 144 Å². The van der Waals surface area contributed by atoms with E-state index in [2.05, 4.69) is 39.9 Å². The highest BCUT2D eigenvalue weighted by Crippen LogP contribution is 2.41. The molecule has 1 aromatic heterocycles. The average molecular weight is 337 g/mol. The van der Waals surface area contributed by atoms with E-state index in [1.807, 2.05) is 19.1 Å². The number of hydrogen-bond acceptors (Lipinski definition) is 5. The van der Waals surface area contributed by atoms with E-state index >= 15 is 0 Å². The normalized spacial score (nSPS) is 27.2. The summed E-state index contributed by atoms with van der Waals surface area (Å²) in [7, 11) is 0. The lowest BCUT2D eigenvalue weighted by atomic mass is 9.94. The molecule has 5 rings (SSSR count). The Bertz CT molecular complexity index is 970. The first kappa shape index (κ1) is 14.7. The molecule has 0 amide bonds. The Hall–Kier alpha value is -2.57. The van der Waals surface area contributed by atoms with Crippen molar-refractivity contribution < 1.29 is 9.47 Å². The summed E-state index contributed by atoms with van der Waals surface area (Å²) in [5.41, 5.74) is 4.54. The van der Waals surface area contributed by atoms with Gasteiger partial charge in [-0.2, -0.15) is 0 Å². The van der Waals surface area contributed by atoms with Gasteiger partial charge in [-0.15, -0.1) is 0 Å². The summed E-state index contributed by atoms with van der Waals surface area (Å²) < 4.78 is 11.4. The van der Waals surface area contributed by atoms with E-state index in [1.165, 1.54) is 0 Å². The number of hydrogen-bond donors (Lipinski definition) is 3. The van der Waals surface area contributed by atoms with Crippen molar-refractivity contribution in [2.45, 2.75) is 25.4 Å². The second-order valence-electron chi connectivity index (χ2n) is 6.59. The fourth-order valence-electron chi connectivity index (χ4n) is 3.83. The molecule has 1 unspecified atom stereocenters. The molecule has 0 aliphatic carbocycles. The first-order valence-electron chi connectivity index (χ1n) is 8.56. The van der Waals surface area contributed by atoms with Crippen LogP contribution in [0.1, 0.15) is 24.0 Å². The summed E-state index contributed by atoms with van der Waals surface area (Å²) in [4.78, 5) is 15.4. The molecule has 128 valence electrons. The van der Waals surface area contributed by atoms with Crippen LogP contribution in [0.5, 0.6) is 0 Å². The second-order valence-corrected chi connectivity index (χ2v) is 6.59. The number of allylic oxidation sites excluding steroid dienone is 2. The van der Waals surface area contributed by atoms with Crippen LogP contribution in [0.25, 0.3) is 16.6 Å². The molecule has 4 heterocycles. The molecular weight excluding hydrogens is 318 g/mol. The molecule has 3 aliphatic heterocycles. The van der Waals surface area contributed by atoms with Crippen LogP contribution in [0.15, 0.2) is 41.2 Å². The van der Waals surface area contributed by atoms with Crippen molar-refractivity contribution in [3.8, 4) is 0 Å². The number of nitrogens with one attached hydrogen (secondary N) is 3.